The van der Waals surface area contributed by atoms with Gasteiger partial charge in [-0.15, -0.1) is 0 Å². The van der Waals surface area contributed by atoms with E-state index >= 15 is 0 Å². The zero-order chi connectivity index (χ0) is 19.5. The first kappa shape index (κ1) is 18.2. The number of fused-ring (bicyclic) bond motifs is 1. The molecule has 144 valence electrons. The summed E-state index contributed by atoms with van der Waals surface area (Å²) in [5, 5.41) is 0. The SMILES string of the molecule is COc1cccc(OC)c1CN1CCc2c(nc(-c3ccccn3)[nH]c2=O)C1. The summed E-state index contributed by atoms with van der Waals surface area (Å²) in [6.45, 7) is 2.00. The molecule has 4 rings (SSSR count). The van der Waals surface area contributed by atoms with Crippen LogP contribution in [0.3, 0.4) is 0 Å². The average Bonchev–Trinajstić information content (AvgIpc) is 2.74. The van der Waals surface area contributed by atoms with E-state index in [-0.39, 0.29) is 5.56 Å². The van der Waals surface area contributed by atoms with Crippen molar-refractivity contribution in [1.29, 1.82) is 0 Å². The largest absolute Gasteiger partial charge is 0.496 e. The Kier molecular flexibility index (Phi) is 5.08. The second kappa shape index (κ2) is 7.82. The van der Waals surface area contributed by atoms with Crippen molar-refractivity contribution >= 4 is 0 Å². The van der Waals surface area contributed by atoms with E-state index in [9.17, 15) is 4.79 Å². The summed E-state index contributed by atoms with van der Waals surface area (Å²) in [6, 6.07) is 11.3. The van der Waals surface area contributed by atoms with Crippen molar-refractivity contribution in [3.8, 4) is 23.0 Å². The molecular formula is C21H22N4O3. The van der Waals surface area contributed by atoms with Gasteiger partial charge in [0, 0.05) is 31.4 Å². The Balaban J connectivity index is 1.64. The summed E-state index contributed by atoms with van der Waals surface area (Å²) in [5.74, 6) is 2.08. The van der Waals surface area contributed by atoms with Gasteiger partial charge in [-0.3, -0.25) is 14.7 Å². The molecule has 3 heterocycles. The van der Waals surface area contributed by atoms with Crippen LogP contribution < -0.4 is 15.0 Å². The number of benzene rings is 1. The Labute approximate surface area is 163 Å². The van der Waals surface area contributed by atoms with E-state index in [2.05, 4.69) is 14.9 Å². The van der Waals surface area contributed by atoms with Gasteiger partial charge in [-0.05, 0) is 30.7 Å². The molecule has 0 saturated carbocycles. The molecule has 0 unspecified atom stereocenters. The Morgan fingerprint density at radius 1 is 1.11 bits per heavy atom. The minimum absolute atomic E-state index is 0.0832. The van der Waals surface area contributed by atoms with E-state index in [1.807, 2.05) is 36.4 Å². The Hall–Kier alpha value is -3.19. The zero-order valence-electron chi connectivity index (χ0n) is 15.9. The summed E-state index contributed by atoms with van der Waals surface area (Å²) in [6.07, 6.45) is 2.34. The van der Waals surface area contributed by atoms with E-state index in [0.717, 1.165) is 34.9 Å². The lowest BCUT2D eigenvalue weighted by atomic mass is 10.0. The second-order valence-corrected chi connectivity index (χ2v) is 6.66. The number of nitrogens with zero attached hydrogens (tertiary/aromatic N) is 3. The number of ether oxygens (including phenoxy) is 2. The number of rotatable bonds is 5. The minimum Gasteiger partial charge on any atom is -0.496 e. The number of aromatic nitrogens is 3. The smallest absolute Gasteiger partial charge is 0.254 e. The third-order valence-electron chi connectivity index (χ3n) is 4.97. The van der Waals surface area contributed by atoms with Crippen LogP contribution in [0.2, 0.25) is 0 Å². The normalized spacial score (nSPS) is 13.8. The van der Waals surface area contributed by atoms with E-state index < -0.39 is 0 Å². The third-order valence-corrected chi connectivity index (χ3v) is 4.97. The van der Waals surface area contributed by atoms with Gasteiger partial charge in [-0.1, -0.05) is 12.1 Å². The molecule has 0 radical (unpaired) electrons. The number of aromatic amines is 1. The van der Waals surface area contributed by atoms with Crippen LogP contribution in [-0.2, 0) is 19.5 Å². The highest BCUT2D eigenvalue weighted by Gasteiger charge is 2.23. The fourth-order valence-corrected chi connectivity index (χ4v) is 3.56. The lowest BCUT2D eigenvalue weighted by Crippen LogP contribution is -2.35. The Morgan fingerprint density at radius 2 is 1.89 bits per heavy atom. The maximum absolute atomic E-state index is 12.5. The van der Waals surface area contributed by atoms with Crippen LogP contribution in [0.15, 0.2) is 47.4 Å². The fraction of sp³-hybridized carbons (Fsp3) is 0.286. The molecule has 0 spiro atoms. The van der Waals surface area contributed by atoms with E-state index in [0.29, 0.717) is 31.0 Å². The van der Waals surface area contributed by atoms with Crippen LogP contribution in [-0.4, -0.2) is 40.6 Å². The van der Waals surface area contributed by atoms with Gasteiger partial charge in [0.25, 0.3) is 5.56 Å². The molecule has 1 aromatic carbocycles. The average molecular weight is 378 g/mol. The van der Waals surface area contributed by atoms with Gasteiger partial charge < -0.3 is 14.5 Å². The van der Waals surface area contributed by atoms with Gasteiger partial charge >= 0.3 is 0 Å². The first-order valence-electron chi connectivity index (χ1n) is 9.15. The van der Waals surface area contributed by atoms with Crippen molar-refractivity contribution in [1.82, 2.24) is 19.9 Å². The predicted octanol–water partition coefficient (Wildman–Crippen LogP) is 2.41. The highest BCUT2D eigenvalue weighted by molar-refractivity contribution is 5.49. The van der Waals surface area contributed by atoms with Crippen molar-refractivity contribution in [2.24, 2.45) is 0 Å². The number of pyridine rings is 1. The molecule has 7 nitrogen and oxygen atoms in total. The molecule has 0 atom stereocenters. The molecule has 0 saturated heterocycles. The van der Waals surface area contributed by atoms with Gasteiger partial charge in [-0.25, -0.2) is 4.98 Å². The molecule has 1 aliphatic rings. The number of methoxy groups -OCH3 is 2. The monoisotopic (exact) mass is 378 g/mol. The quantitative estimate of drug-likeness (QED) is 0.734. The summed E-state index contributed by atoms with van der Waals surface area (Å²) < 4.78 is 11.0. The lowest BCUT2D eigenvalue weighted by Gasteiger charge is -2.28. The maximum atomic E-state index is 12.5. The minimum atomic E-state index is -0.0832. The maximum Gasteiger partial charge on any atom is 0.254 e. The van der Waals surface area contributed by atoms with Crippen molar-refractivity contribution in [2.75, 3.05) is 20.8 Å². The first-order valence-corrected chi connectivity index (χ1v) is 9.15. The third kappa shape index (κ3) is 3.48. The molecule has 28 heavy (non-hydrogen) atoms. The van der Waals surface area contributed by atoms with E-state index in [1.54, 1.807) is 20.4 Å². The highest BCUT2D eigenvalue weighted by atomic mass is 16.5. The molecule has 1 N–H and O–H groups in total. The summed E-state index contributed by atoms with van der Waals surface area (Å²) in [5.41, 5.74) is 3.12. The molecule has 2 aromatic heterocycles. The molecule has 1 aliphatic heterocycles. The van der Waals surface area contributed by atoms with Crippen LogP contribution in [0.4, 0.5) is 0 Å². The van der Waals surface area contributed by atoms with Crippen LogP contribution in [0, 0.1) is 0 Å². The Bertz CT molecular complexity index is 1010. The molecule has 0 fully saturated rings. The summed E-state index contributed by atoms with van der Waals surface area (Å²) in [4.78, 5) is 26.6. The molecule has 3 aromatic rings. The molecule has 0 bridgehead atoms. The van der Waals surface area contributed by atoms with Crippen molar-refractivity contribution in [2.45, 2.75) is 19.5 Å². The topological polar surface area (TPSA) is 80.3 Å². The van der Waals surface area contributed by atoms with Crippen LogP contribution in [0.5, 0.6) is 11.5 Å². The number of nitrogens with one attached hydrogen (secondary N) is 1. The molecule has 7 heteroatoms. The van der Waals surface area contributed by atoms with Crippen LogP contribution in [0.1, 0.15) is 16.8 Å². The van der Waals surface area contributed by atoms with Crippen molar-refractivity contribution < 1.29 is 9.47 Å². The van der Waals surface area contributed by atoms with Gasteiger partial charge in [-0.2, -0.15) is 0 Å². The first-order chi connectivity index (χ1) is 13.7. The number of H-pyrrole nitrogens is 1. The zero-order valence-corrected chi connectivity index (χ0v) is 15.9. The second-order valence-electron chi connectivity index (χ2n) is 6.66. The summed E-state index contributed by atoms with van der Waals surface area (Å²) in [7, 11) is 3.31. The standard InChI is InChI=1S/C21H22N4O3/c1-27-18-7-5-8-19(28-2)15(18)12-25-11-9-14-17(13-25)23-20(24-21(14)26)16-6-3-4-10-22-16/h3-8,10H,9,11-13H2,1-2H3,(H,23,24,26). The Morgan fingerprint density at radius 3 is 2.57 bits per heavy atom. The van der Waals surface area contributed by atoms with Crippen LogP contribution >= 0.6 is 0 Å². The fourth-order valence-electron chi connectivity index (χ4n) is 3.56. The van der Waals surface area contributed by atoms with Crippen molar-refractivity contribution in [3.63, 3.8) is 0 Å². The molecular weight excluding hydrogens is 356 g/mol. The molecule has 0 aliphatic carbocycles. The van der Waals surface area contributed by atoms with Gasteiger partial charge in [0.2, 0.25) is 0 Å². The van der Waals surface area contributed by atoms with E-state index in [1.165, 1.54) is 0 Å². The molecule has 0 amide bonds. The van der Waals surface area contributed by atoms with Gasteiger partial charge in [0.1, 0.15) is 17.2 Å². The van der Waals surface area contributed by atoms with Gasteiger partial charge in [0.05, 0.1) is 25.5 Å². The van der Waals surface area contributed by atoms with E-state index in [4.69, 9.17) is 14.5 Å². The van der Waals surface area contributed by atoms with Crippen molar-refractivity contribution in [3.05, 3.63) is 69.8 Å². The lowest BCUT2D eigenvalue weighted by molar-refractivity contribution is 0.233. The number of hydrogen-bond acceptors (Lipinski definition) is 6. The summed E-state index contributed by atoms with van der Waals surface area (Å²) >= 11 is 0. The highest BCUT2D eigenvalue weighted by Crippen LogP contribution is 2.30. The van der Waals surface area contributed by atoms with Crippen LogP contribution in [0.25, 0.3) is 11.5 Å². The predicted molar refractivity (Wildman–Crippen MR) is 105 cm³/mol. The number of hydrogen-bond donors (Lipinski definition) is 1. The van der Waals surface area contributed by atoms with Gasteiger partial charge in [0.15, 0.2) is 5.82 Å².